The summed E-state index contributed by atoms with van der Waals surface area (Å²) >= 11 is 5.88. The van der Waals surface area contributed by atoms with E-state index in [1.54, 1.807) is 0 Å². The molecule has 1 heterocycles. The molecular weight excluding hydrogens is 288 g/mol. The van der Waals surface area contributed by atoms with Crippen molar-refractivity contribution in [3.63, 3.8) is 0 Å². The molecule has 1 N–H and O–H groups in total. The third-order valence-electron chi connectivity index (χ3n) is 2.37. The second kappa shape index (κ2) is 6.47. The van der Waals surface area contributed by atoms with Gasteiger partial charge in [0, 0.05) is 6.54 Å². The Balaban J connectivity index is 2.26. The van der Waals surface area contributed by atoms with Crippen LogP contribution in [0.4, 0.5) is 14.7 Å². The van der Waals surface area contributed by atoms with Gasteiger partial charge >= 0.3 is 0 Å². The number of hydrogen-bond acceptors (Lipinski definition) is 4. The smallest absolute Gasteiger partial charge is 0.243 e. The fourth-order valence-corrected chi connectivity index (χ4v) is 1.54. The van der Waals surface area contributed by atoms with Gasteiger partial charge in [0.15, 0.2) is 11.6 Å². The van der Waals surface area contributed by atoms with Crippen LogP contribution in [-0.2, 0) is 0 Å². The minimum absolute atomic E-state index is 0.0373. The molecule has 0 atom stereocenters. The topological polar surface area (TPSA) is 47.0 Å². The second-order valence-electron chi connectivity index (χ2n) is 3.93. The van der Waals surface area contributed by atoms with Gasteiger partial charge in [-0.2, -0.15) is 9.37 Å². The fraction of sp³-hybridized carbons (Fsp3) is 0.231. The summed E-state index contributed by atoms with van der Waals surface area (Å²) in [5, 5.41) is 3.05. The predicted octanol–water partition coefficient (Wildman–Crippen LogP) is 4.02. The SMILES string of the molecule is CCCNc1ncc(Cl)c(Oc2cccc(F)c2F)n1. The van der Waals surface area contributed by atoms with Crippen LogP contribution < -0.4 is 10.1 Å². The second-order valence-corrected chi connectivity index (χ2v) is 4.33. The Morgan fingerprint density at radius 2 is 2.15 bits per heavy atom. The molecule has 0 amide bonds. The first-order valence-corrected chi connectivity index (χ1v) is 6.38. The molecule has 2 aromatic rings. The lowest BCUT2D eigenvalue weighted by molar-refractivity contribution is 0.405. The lowest BCUT2D eigenvalue weighted by Gasteiger charge is -2.09. The van der Waals surface area contributed by atoms with Crippen LogP contribution in [-0.4, -0.2) is 16.5 Å². The van der Waals surface area contributed by atoms with Crippen molar-refractivity contribution in [1.82, 2.24) is 9.97 Å². The van der Waals surface area contributed by atoms with E-state index < -0.39 is 11.6 Å². The van der Waals surface area contributed by atoms with Crippen molar-refractivity contribution >= 4 is 17.5 Å². The average molecular weight is 300 g/mol. The molecule has 1 aromatic carbocycles. The highest BCUT2D eigenvalue weighted by atomic mass is 35.5. The van der Waals surface area contributed by atoms with Gasteiger partial charge < -0.3 is 10.1 Å². The Morgan fingerprint density at radius 3 is 2.90 bits per heavy atom. The Bertz CT molecular complexity index is 610. The summed E-state index contributed by atoms with van der Waals surface area (Å²) in [4.78, 5) is 7.97. The lowest BCUT2D eigenvalue weighted by Crippen LogP contribution is -2.05. The Morgan fingerprint density at radius 1 is 1.35 bits per heavy atom. The van der Waals surface area contributed by atoms with Gasteiger partial charge in [0.25, 0.3) is 0 Å². The number of hydrogen-bond donors (Lipinski definition) is 1. The molecule has 0 radical (unpaired) electrons. The standard InChI is InChI=1S/C13H12ClF2N3O/c1-2-6-17-13-18-7-8(14)12(19-13)20-10-5-3-4-9(15)11(10)16/h3-5,7H,2,6H2,1H3,(H,17,18,19). The zero-order chi connectivity index (χ0) is 14.5. The van der Waals surface area contributed by atoms with Crippen LogP contribution in [0.25, 0.3) is 0 Å². The van der Waals surface area contributed by atoms with E-state index in [0.717, 1.165) is 12.5 Å². The summed E-state index contributed by atoms with van der Waals surface area (Å²) in [5.74, 6) is -2.11. The van der Waals surface area contributed by atoms with Crippen LogP contribution in [0, 0.1) is 11.6 Å². The quantitative estimate of drug-likeness (QED) is 0.905. The van der Waals surface area contributed by atoms with Gasteiger partial charge in [-0.3, -0.25) is 0 Å². The van der Waals surface area contributed by atoms with Crippen molar-refractivity contribution < 1.29 is 13.5 Å². The molecule has 0 saturated carbocycles. The van der Waals surface area contributed by atoms with E-state index in [9.17, 15) is 8.78 Å². The number of ether oxygens (including phenoxy) is 1. The highest BCUT2D eigenvalue weighted by molar-refractivity contribution is 6.31. The Hall–Kier alpha value is -1.95. The molecular formula is C13H12ClF2N3O. The van der Waals surface area contributed by atoms with Gasteiger partial charge in [0.2, 0.25) is 17.6 Å². The van der Waals surface area contributed by atoms with E-state index in [2.05, 4.69) is 15.3 Å². The minimum atomic E-state index is -1.09. The van der Waals surface area contributed by atoms with Gasteiger partial charge in [0.05, 0.1) is 6.20 Å². The van der Waals surface area contributed by atoms with Crippen molar-refractivity contribution in [2.45, 2.75) is 13.3 Å². The maximum absolute atomic E-state index is 13.5. The molecule has 0 fully saturated rings. The van der Waals surface area contributed by atoms with Crippen molar-refractivity contribution in [3.05, 3.63) is 41.1 Å². The third kappa shape index (κ3) is 3.33. The van der Waals surface area contributed by atoms with E-state index in [1.165, 1.54) is 18.3 Å². The molecule has 0 aliphatic heterocycles. The first kappa shape index (κ1) is 14.5. The highest BCUT2D eigenvalue weighted by Crippen LogP contribution is 2.29. The molecule has 0 spiro atoms. The predicted molar refractivity (Wildman–Crippen MR) is 72.3 cm³/mol. The normalized spacial score (nSPS) is 10.4. The summed E-state index contributed by atoms with van der Waals surface area (Å²) in [6.07, 6.45) is 2.22. The zero-order valence-electron chi connectivity index (χ0n) is 10.7. The average Bonchev–Trinajstić information content (AvgIpc) is 2.44. The first-order chi connectivity index (χ1) is 9.61. The van der Waals surface area contributed by atoms with Gasteiger partial charge in [0.1, 0.15) is 5.02 Å². The summed E-state index contributed by atoms with van der Waals surface area (Å²) in [6.45, 7) is 2.66. The molecule has 0 unspecified atom stereocenters. The van der Waals surface area contributed by atoms with Crippen LogP contribution in [0.1, 0.15) is 13.3 Å². The lowest BCUT2D eigenvalue weighted by atomic mass is 10.3. The van der Waals surface area contributed by atoms with E-state index in [0.29, 0.717) is 12.5 Å². The summed E-state index contributed by atoms with van der Waals surface area (Å²) < 4.78 is 31.8. The van der Waals surface area contributed by atoms with Gasteiger partial charge in [-0.05, 0) is 18.6 Å². The molecule has 4 nitrogen and oxygen atoms in total. The number of aromatic nitrogens is 2. The number of benzene rings is 1. The molecule has 7 heteroatoms. The van der Waals surface area contributed by atoms with Crippen molar-refractivity contribution in [3.8, 4) is 11.6 Å². The minimum Gasteiger partial charge on any atom is -0.434 e. The van der Waals surface area contributed by atoms with Crippen LogP contribution in [0.5, 0.6) is 11.6 Å². The van der Waals surface area contributed by atoms with Crippen LogP contribution in [0.2, 0.25) is 5.02 Å². The zero-order valence-corrected chi connectivity index (χ0v) is 11.4. The summed E-state index contributed by atoms with van der Waals surface area (Å²) in [6, 6.07) is 3.62. The molecule has 0 aliphatic rings. The van der Waals surface area contributed by atoms with Crippen molar-refractivity contribution in [2.75, 3.05) is 11.9 Å². The molecule has 106 valence electrons. The van der Waals surface area contributed by atoms with Gasteiger partial charge in [-0.1, -0.05) is 24.6 Å². The molecule has 20 heavy (non-hydrogen) atoms. The molecule has 0 bridgehead atoms. The van der Waals surface area contributed by atoms with E-state index in [1.807, 2.05) is 6.92 Å². The highest BCUT2D eigenvalue weighted by Gasteiger charge is 2.13. The largest absolute Gasteiger partial charge is 0.434 e. The number of rotatable bonds is 5. The van der Waals surface area contributed by atoms with Crippen molar-refractivity contribution in [1.29, 1.82) is 0 Å². The van der Waals surface area contributed by atoms with Crippen LogP contribution in [0.3, 0.4) is 0 Å². The Labute approximate surface area is 119 Å². The van der Waals surface area contributed by atoms with E-state index in [4.69, 9.17) is 16.3 Å². The van der Waals surface area contributed by atoms with E-state index >= 15 is 0 Å². The van der Waals surface area contributed by atoms with Crippen LogP contribution in [0.15, 0.2) is 24.4 Å². The molecule has 2 rings (SSSR count). The molecule has 0 saturated heterocycles. The van der Waals surface area contributed by atoms with Gasteiger partial charge in [-0.25, -0.2) is 9.37 Å². The fourth-order valence-electron chi connectivity index (χ4n) is 1.41. The maximum atomic E-state index is 13.5. The molecule has 1 aromatic heterocycles. The first-order valence-electron chi connectivity index (χ1n) is 6.00. The van der Waals surface area contributed by atoms with E-state index in [-0.39, 0.29) is 16.7 Å². The third-order valence-corrected chi connectivity index (χ3v) is 2.63. The number of nitrogens with zero attached hydrogens (tertiary/aromatic N) is 2. The van der Waals surface area contributed by atoms with Crippen LogP contribution >= 0.6 is 11.6 Å². The van der Waals surface area contributed by atoms with Gasteiger partial charge in [-0.15, -0.1) is 0 Å². The molecule has 0 aliphatic carbocycles. The summed E-state index contributed by atoms with van der Waals surface area (Å²) in [7, 11) is 0. The number of anilines is 1. The number of nitrogens with one attached hydrogen (secondary N) is 1. The number of halogens is 3. The van der Waals surface area contributed by atoms with Crippen molar-refractivity contribution in [2.24, 2.45) is 0 Å². The maximum Gasteiger partial charge on any atom is 0.243 e. The Kier molecular flexibility index (Phi) is 4.68. The monoisotopic (exact) mass is 299 g/mol. The summed E-state index contributed by atoms with van der Waals surface area (Å²) in [5.41, 5.74) is 0.